The first-order valence-corrected chi connectivity index (χ1v) is 10.7. The third-order valence-corrected chi connectivity index (χ3v) is 4.73. The van der Waals surface area contributed by atoms with Gasteiger partial charge in [0.2, 0.25) is 17.7 Å². The second kappa shape index (κ2) is 14.9. The summed E-state index contributed by atoms with van der Waals surface area (Å²) in [4.78, 5) is 70.3. The Balaban J connectivity index is 2.79. The van der Waals surface area contributed by atoms with Gasteiger partial charge in [0.1, 0.15) is 18.1 Å². The number of guanidine groups is 1. The molecule has 36 heavy (non-hydrogen) atoms. The van der Waals surface area contributed by atoms with E-state index in [9.17, 15) is 34.2 Å². The van der Waals surface area contributed by atoms with E-state index in [1.54, 1.807) is 0 Å². The van der Waals surface area contributed by atoms with Crippen LogP contribution in [0.25, 0.3) is 0 Å². The summed E-state index contributed by atoms with van der Waals surface area (Å²) in [5.41, 5.74) is 16.5. The first-order valence-electron chi connectivity index (χ1n) is 10.7. The number of nitrogens with two attached hydrogens (primary N) is 3. The molecule has 1 aromatic rings. The topological polar surface area (TPSA) is 301 Å². The fourth-order valence-corrected chi connectivity index (χ4v) is 2.87. The minimum atomic E-state index is -1.71. The van der Waals surface area contributed by atoms with Crippen molar-refractivity contribution in [1.82, 2.24) is 25.9 Å². The lowest BCUT2D eigenvalue weighted by Crippen LogP contribution is -2.58. The number of carbonyl (C=O) groups excluding carboxylic acids is 3. The number of aromatic nitrogens is 2. The van der Waals surface area contributed by atoms with Crippen molar-refractivity contribution in [2.75, 3.05) is 13.2 Å². The Morgan fingerprint density at radius 2 is 1.61 bits per heavy atom. The van der Waals surface area contributed by atoms with Crippen molar-refractivity contribution in [3.63, 3.8) is 0 Å². The second-order valence-electron chi connectivity index (χ2n) is 7.64. The number of carbonyl (C=O) groups is 5. The summed E-state index contributed by atoms with van der Waals surface area (Å²) in [7, 11) is 0. The summed E-state index contributed by atoms with van der Waals surface area (Å²) in [5.74, 6) is -5.98. The fourth-order valence-electron chi connectivity index (χ4n) is 2.87. The summed E-state index contributed by atoms with van der Waals surface area (Å²) in [6.45, 7) is -0.672. The molecule has 17 nitrogen and oxygen atoms in total. The number of aliphatic hydroxyl groups is 1. The Labute approximate surface area is 204 Å². The van der Waals surface area contributed by atoms with Crippen molar-refractivity contribution in [1.29, 1.82) is 0 Å². The number of rotatable bonds is 16. The number of aliphatic carboxylic acids is 2. The number of aromatic amines is 1. The van der Waals surface area contributed by atoms with E-state index in [2.05, 4.69) is 30.9 Å². The lowest BCUT2D eigenvalue weighted by Gasteiger charge is -2.23. The summed E-state index contributed by atoms with van der Waals surface area (Å²) in [6, 6.07) is -5.81. The molecule has 0 aliphatic rings. The van der Waals surface area contributed by atoms with Gasteiger partial charge in [-0.15, -0.1) is 0 Å². The van der Waals surface area contributed by atoms with Gasteiger partial charge < -0.3 is 53.5 Å². The highest BCUT2D eigenvalue weighted by Gasteiger charge is 2.31. The molecule has 4 atom stereocenters. The highest BCUT2D eigenvalue weighted by molar-refractivity contribution is 5.95. The summed E-state index contributed by atoms with van der Waals surface area (Å²) in [5, 5.41) is 34.5. The molecule has 0 spiro atoms. The predicted molar refractivity (Wildman–Crippen MR) is 123 cm³/mol. The predicted octanol–water partition coefficient (Wildman–Crippen LogP) is -4.66. The molecule has 0 aliphatic heterocycles. The minimum Gasteiger partial charge on any atom is -0.481 e. The van der Waals surface area contributed by atoms with Crippen LogP contribution in [0.4, 0.5) is 0 Å². The van der Waals surface area contributed by atoms with Gasteiger partial charge in [-0.1, -0.05) is 0 Å². The standard InChI is InChI=1S/C19H31N9O8/c20-10(2-1-3-24-19(21)22)15(32)28-13(7-29)17(34)26-11(5-14(30)31)16(33)27-12(18(35)36)4-9-6-23-8-25-9/h6,8,10-13,29H,1-5,7,20H2,(H,23,25)(H,26,34)(H,27,33)(H,28,32)(H,30,31)(H,35,36)(H4,21,22,24). The normalized spacial score (nSPS) is 13.9. The van der Waals surface area contributed by atoms with E-state index in [1.807, 2.05) is 0 Å². The monoisotopic (exact) mass is 513 g/mol. The lowest BCUT2D eigenvalue weighted by atomic mass is 10.1. The molecule has 1 heterocycles. The van der Waals surface area contributed by atoms with E-state index in [-0.39, 0.29) is 25.3 Å². The van der Waals surface area contributed by atoms with E-state index >= 15 is 0 Å². The van der Waals surface area contributed by atoms with Crippen LogP contribution in [0, 0.1) is 0 Å². The molecule has 0 aliphatic carbocycles. The molecular formula is C19H31N9O8. The van der Waals surface area contributed by atoms with Crippen molar-refractivity contribution >= 4 is 35.6 Å². The smallest absolute Gasteiger partial charge is 0.326 e. The highest BCUT2D eigenvalue weighted by Crippen LogP contribution is 2.03. The molecule has 1 aromatic heterocycles. The maximum atomic E-state index is 12.6. The van der Waals surface area contributed by atoms with Gasteiger partial charge in [0.15, 0.2) is 5.96 Å². The van der Waals surface area contributed by atoms with Crippen molar-refractivity contribution < 1.29 is 39.3 Å². The fraction of sp³-hybridized carbons (Fsp3) is 0.526. The van der Waals surface area contributed by atoms with Crippen molar-refractivity contribution in [3.05, 3.63) is 18.2 Å². The van der Waals surface area contributed by atoms with E-state index in [1.165, 1.54) is 12.5 Å². The largest absolute Gasteiger partial charge is 0.481 e. The summed E-state index contributed by atoms with van der Waals surface area (Å²) >= 11 is 0. The zero-order valence-electron chi connectivity index (χ0n) is 19.2. The zero-order chi connectivity index (χ0) is 27.3. The van der Waals surface area contributed by atoms with Gasteiger partial charge in [-0.05, 0) is 12.8 Å². The minimum absolute atomic E-state index is 0.124. The van der Waals surface area contributed by atoms with E-state index in [0.717, 1.165) is 0 Å². The van der Waals surface area contributed by atoms with Gasteiger partial charge in [-0.2, -0.15) is 0 Å². The van der Waals surface area contributed by atoms with E-state index in [4.69, 9.17) is 22.3 Å². The number of nitrogens with zero attached hydrogens (tertiary/aromatic N) is 2. The molecule has 0 fully saturated rings. The maximum absolute atomic E-state index is 12.6. The van der Waals surface area contributed by atoms with Crippen LogP contribution in [0.3, 0.4) is 0 Å². The maximum Gasteiger partial charge on any atom is 0.326 e. The Bertz CT molecular complexity index is 933. The number of hydrogen-bond donors (Lipinski definition) is 10. The number of aliphatic hydroxyl groups excluding tert-OH is 1. The van der Waals surface area contributed by atoms with Crippen LogP contribution >= 0.6 is 0 Å². The number of carboxylic acid groups (broad SMARTS) is 2. The van der Waals surface area contributed by atoms with Crippen molar-refractivity contribution in [2.24, 2.45) is 22.2 Å². The van der Waals surface area contributed by atoms with Crippen molar-refractivity contribution in [3.8, 4) is 0 Å². The average molecular weight is 514 g/mol. The molecule has 0 saturated carbocycles. The van der Waals surface area contributed by atoms with Crippen LogP contribution in [0.15, 0.2) is 17.5 Å². The zero-order valence-corrected chi connectivity index (χ0v) is 19.2. The van der Waals surface area contributed by atoms with Gasteiger partial charge in [0.25, 0.3) is 0 Å². The van der Waals surface area contributed by atoms with Crippen LogP contribution < -0.4 is 33.2 Å². The van der Waals surface area contributed by atoms with Crippen LogP contribution in [0.5, 0.6) is 0 Å². The summed E-state index contributed by atoms with van der Waals surface area (Å²) < 4.78 is 0. The van der Waals surface area contributed by atoms with Gasteiger partial charge >= 0.3 is 11.9 Å². The molecule has 13 N–H and O–H groups in total. The molecule has 0 radical (unpaired) electrons. The second-order valence-corrected chi connectivity index (χ2v) is 7.64. The number of hydrogen-bond acceptors (Lipinski definition) is 9. The first kappa shape index (κ1) is 29.8. The van der Waals surface area contributed by atoms with Gasteiger partial charge in [-0.25, -0.2) is 9.78 Å². The average Bonchev–Trinajstić information content (AvgIpc) is 3.31. The molecule has 4 unspecified atom stereocenters. The number of H-pyrrole nitrogens is 1. The number of aliphatic imine (C=N–C) groups is 1. The van der Waals surface area contributed by atoms with Crippen LogP contribution in [0.2, 0.25) is 0 Å². The van der Waals surface area contributed by atoms with Crippen molar-refractivity contribution in [2.45, 2.75) is 49.9 Å². The molecular weight excluding hydrogens is 482 g/mol. The third-order valence-electron chi connectivity index (χ3n) is 4.73. The Morgan fingerprint density at radius 1 is 1.00 bits per heavy atom. The van der Waals surface area contributed by atoms with Gasteiger partial charge in [-0.3, -0.25) is 24.2 Å². The van der Waals surface area contributed by atoms with E-state index < -0.39 is 66.9 Å². The Kier molecular flexibility index (Phi) is 12.3. The number of nitrogens with one attached hydrogen (secondary N) is 4. The van der Waals surface area contributed by atoms with Gasteiger partial charge in [0.05, 0.1) is 25.4 Å². The number of imidazole rings is 1. The highest BCUT2D eigenvalue weighted by atomic mass is 16.4. The molecule has 17 heteroatoms. The number of carboxylic acids is 2. The molecule has 0 bridgehead atoms. The third kappa shape index (κ3) is 10.8. The molecule has 3 amide bonds. The van der Waals surface area contributed by atoms with E-state index in [0.29, 0.717) is 12.1 Å². The summed E-state index contributed by atoms with van der Waals surface area (Å²) in [6.07, 6.45) is 2.07. The Morgan fingerprint density at radius 3 is 2.14 bits per heavy atom. The quantitative estimate of drug-likeness (QED) is 0.0566. The SMILES string of the molecule is NC(N)=NCCCC(N)C(=O)NC(CO)C(=O)NC(CC(=O)O)C(=O)NC(Cc1cnc[nH]1)C(=O)O. The molecule has 0 aromatic carbocycles. The number of amides is 3. The van der Waals surface area contributed by atoms with Gasteiger partial charge in [0, 0.05) is 24.9 Å². The lowest BCUT2D eigenvalue weighted by molar-refractivity contribution is -0.143. The van der Waals surface area contributed by atoms with Crippen LogP contribution in [-0.4, -0.2) is 98.2 Å². The van der Waals surface area contributed by atoms with Crippen LogP contribution in [0.1, 0.15) is 25.0 Å². The molecule has 1 rings (SSSR count). The first-order chi connectivity index (χ1) is 16.9. The van der Waals surface area contributed by atoms with Crippen LogP contribution in [-0.2, 0) is 30.4 Å². The molecule has 200 valence electrons. The molecule has 0 saturated heterocycles. The Hall–Kier alpha value is -4.25.